The summed E-state index contributed by atoms with van der Waals surface area (Å²) in [4.78, 5) is 21.4. The summed E-state index contributed by atoms with van der Waals surface area (Å²) in [5, 5.41) is 1.22. The summed E-state index contributed by atoms with van der Waals surface area (Å²) >= 11 is 0. The predicted molar refractivity (Wildman–Crippen MR) is 51.0 cm³/mol. The molecule has 1 aromatic heterocycles. The maximum atomic E-state index is 11.1. The van der Waals surface area contributed by atoms with Crippen molar-refractivity contribution in [1.82, 2.24) is 0 Å². The molecule has 2 N–H and O–H groups in total. The van der Waals surface area contributed by atoms with Crippen molar-refractivity contribution in [2.24, 2.45) is 0 Å². The highest BCUT2D eigenvalue weighted by molar-refractivity contribution is 6.35. The van der Waals surface area contributed by atoms with Crippen LogP contribution in [0.3, 0.4) is 0 Å². The molecule has 70 valence electrons. The summed E-state index contributed by atoms with van der Waals surface area (Å²) in [5.74, 6) is -0.689. The van der Waals surface area contributed by atoms with Gasteiger partial charge in [-0.25, -0.2) is 0 Å². The molecule has 4 nitrogen and oxygen atoms in total. The van der Waals surface area contributed by atoms with Gasteiger partial charge < -0.3 is 10.2 Å². The maximum Gasteiger partial charge on any atom is 0.261 e. The van der Waals surface area contributed by atoms with E-state index in [1.54, 1.807) is 18.2 Å². The van der Waals surface area contributed by atoms with Crippen LogP contribution in [0.5, 0.6) is 0 Å². The quantitative estimate of drug-likeness (QED) is 0.335. The zero-order valence-electron chi connectivity index (χ0n) is 7.19. The van der Waals surface area contributed by atoms with Crippen LogP contribution in [0, 0.1) is 0 Å². The summed E-state index contributed by atoms with van der Waals surface area (Å²) in [5.41, 5.74) is 6.10. The Bertz CT molecular complexity index is 513. The summed E-state index contributed by atoms with van der Waals surface area (Å²) in [6.07, 6.45) is 1.62. The molecule has 0 fully saturated rings. The lowest BCUT2D eigenvalue weighted by molar-refractivity contribution is -0.104. The van der Waals surface area contributed by atoms with Gasteiger partial charge in [0.15, 0.2) is 12.0 Å². The third kappa shape index (κ3) is 1.08. The Morgan fingerprint density at radius 2 is 2.21 bits per heavy atom. The molecule has 0 saturated carbocycles. The van der Waals surface area contributed by atoms with E-state index in [-0.39, 0.29) is 12.0 Å². The van der Waals surface area contributed by atoms with Crippen LogP contribution in [0.15, 0.2) is 28.9 Å². The molecular weight excluding hydrogens is 182 g/mol. The number of nitrogen functional groups attached to an aromatic ring is 1. The molecule has 4 heteroatoms. The van der Waals surface area contributed by atoms with Gasteiger partial charge in [-0.05, 0) is 6.07 Å². The van der Waals surface area contributed by atoms with Crippen molar-refractivity contribution in [3.05, 3.63) is 30.2 Å². The van der Waals surface area contributed by atoms with Gasteiger partial charge in [-0.2, -0.15) is 0 Å². The molecule has 1 aromatic carbocycles. The van der Waals surface area contributed by atoms with E-state index in [4.69, 9.17) is 10.2 Å². The number of Topliss-reactive ketones (excluding diaryl/α,β-unsaturated/α-hetero) is 1. The third-order valence-corrected chi connectivity index (χ3v) is 1.99. The van der Waals surface area contributed by atoms with Crippen molar-refractivity contribution in [1.29, 1.82) is 0 Å². The van der Waals surface area contributed by atoms with Crippen molar-refractivity contribution in [2.45, 2.75) is 0 Å². The van der Waals surface area contributed by atoms with E-state index in [9.17, 15) is 9.59 Å². The fraction of sp³-hybridized carbons (Fsp3) is 0. The number of furan rings is 1. The summed E-state index contributed by atoms with van der Waals surface area (Å²) in [6, 6.07) is 5.17. The summed E-state index contributed by atoms with van der Waals surface area (Å²) in [7, 11) is 0. The number of aldehydes is 1. The van der Waals surface area contributed by atoms with Gasteiger partial charge in [-0.15, -0.1) is 0 Å². The van der Waals surface area contributed by atoms with Gasteiger partial charge in [0, 0.05) is 11.1 Å². The lowest BCUT2D eigenvalue weighted by Crippen LogP contribution is -1.99. The molecule has 0 aliphatic carbocycles. The van der Waals surface area contributed by atoms with Crippen molar-refractivity contribution in [3.63, 3.8) is 0 Å². The first-order chi connectivity index (χ1) is 6.74. The second-order valence-corrected chi connectivity index (χ2v) is 2.86. The molecule has 2 rings (SSSR count). The first-order valence-electron chi connectivity index (χ1n) is 3.99. The molecular formula is C10H7NO3. The molecule has 0 amide bonds. The van der Waals surface area contributed by atoms with E-state index in [0.717, 1.165) is 5.39 Å². The SMILES string of the molecule is Nc1cccc2coc(C(=O)C=O)c12. The summed E-state index contributed by atoms with van der Waals surface area (Å²) in [6.45, 7) is 0. The van der Waals surface area contributed by atoms with Crippen LogP contribution in [0.25, 0.3) is 10.8 Å². The van der Waals surface area contributed by atoms with Crippen molar-refractivity contribution >= 4 is 28.5 Å². The van der Waals surface area contributed by atoms with Crippen molar-refractivity contribution in [3.8, 4) is 0 Å². The zero-order valence-corrected chi connectivity index (χ0v) is 7.19. The average Bonchev–Trinajstić information content (AvgIpc) is 2.62. The van der Waals surface area contributed by atoms with E-state index in [1.807, 2.05) is 0 Å². The fourth-order valence-corrected chi connectivity index (χ4v) is 1.37. The minimum absolute atomic E-state index is 0.00750. The van der Waals surface area contributed by atoms with Crippen molar-refractivity contribution in [2.75, 3.05) is 5.73 Å². The molecule has 0 unspecified atom stereocenters. The minimum Gasteiger partial charge on any atom is -0.459 e. The maximum absolute atomic E-state index is 11.1. The van der Waals surface area contributed by atoms with Crippen LogP contribution in [0.4, 0.5) is 5.69 Å². The number of hydrogen-bond acceptors (Lipinski definition) is 4. The number of fused-ring (bicyclic) bond motifs is 1. The van der Waals surface area contributed by atoms with Crippen LogP contribution in [-0.2, 0) is 4.79 Å². The van der Waals surface area contributed by atoms with Gasteiger partial charge in [0.25, 0.3) is 5.78 Å². The number of ketones is 1. The topological polar surface area (TPSA) is 73.3 Å². The molecule has 0 bridgehead atoms. The molecule has 0 saturated heterocycles. The van der Waals surface area contributed by atoms with Gasteiger partial charge in [0.2, 0.25) is 0 Å². The third-order valence-electron chi connectivity index (χ3n) is 1.99. The molecule has 0 radical (unpaired) electrons. The van der Waals surface area contributed by atoms with E-state index >= 15 is 0 Å². The molecule has 2 aromatic rings. The van der Waals surface area contributed by atoms with Crippen LogP contribution >= 0.6 is 0 Å². The van der Waals surface area contributed by atoms with E-state index in [0.29, 0.717) is 11.1 Å². The number of nitrogens with two attached hydrogens (primary N) is 1. The molecule has 0 atom stereocenters. The lowest BCUT2D eigenvalue weighted by Gasteiger charge is -1.95. The van der Waals surface area contributed by atoms with Crippen molar-refractivity contribution < 1.29 is 14.0 Å². The number of carbonyl (C=O) groups excluding carboxylic acids is 2. The predicted octanol–water partition coefficient (Wildman–Crippen LogP) is 1.40. The highest BCUT2D eigenvalue weighted by Gasteiger charge is 2.15. The highest BCUT2D eigenvalue weighted by Crippen LogP contribution is 2.26. The Morgan fingerprint density at radius 1 is 1.43 bits per heavy atom. The molecule has 0 spiro atoms. The minimum atomic E-state index is -0.696. The lowest BCUT2D eigenvalue weighted by atomic mass is 10.1. The number of rotatable bonds is 2. The first kappa shape index (κ1) is 8.50. The molecule has 1 heterocycles. The Balaban J connectivity index is 2.79. The number of anilines is 1. The first-order valence-corrected chi connectivity index (χ1v) is 3.99. The standard InChI is InChI=1S/C10H7NO3/c11-7-3-1-2-6-5-14-10(9(6)7)8(13)4-12/h1-5H,11H2. The van der Waals surface area contributed by atoms with Crippen LogP contribution in [0.1, 0.15) is 10.6 Å². The van der Waals surface area contributed by atoms with Gasteiger partial charge in [-0.3, -0.25) is 9.59 Å². The zero-order chi connectivity index (χ0) is 10.1. The molecule has 14 heavy (non-hydrogen) atoms. The van der Waals surface area contributed by atoms with Crippen LogP contribution < -0.4 is 5.73 Å². The highest BCUT2D eigenvalue weighted by atomic mass is 16.3. The second kappa shape index (κ2) is 2.99. The Hall–Kier alpha value is -2.10. The number of hydrogen-bond donors (Lipinski definition) is 1. The van der Waals surface area contributed by atoms with E-state index in [1.165, 1.54) is 6.26 Å². The number of carbonyl (C=O) groups is 2. The van der Waals surface area contributed by atoms with Crippen LogP contribution in [0.2, 0.25) is 0 Å². The Morgan fingerprint density at radius 3 is 2.93 bits per heavy atom. The summed E-state index contributed by atoms with van der Waals surface area (Å²) < 4.78 is 4.99. The Labute approximate surface area is 79.3 Å². The second-order valence-electron chi connectivity index (χ2n) is 2.86. The normalized spacial score (nSPS) is 10.3. The fourth-order valence-electron chi connectivity index (χ4n) is 1.37. The van der Waals surface area contributed by atoms with E-state index < -0.39 is 5.78 Å². The van der Waals surface area contributed by atoms with E-state index in [2.05, 4.69) is 0 Å². The number of benzene rings is 1. The Kier molecular flexibility index (Phi) is 1.81. The van der Waals surface area contributed by atoms with Gasteiger partial charge >= 0.3 is 0 Å². The average molecular weight is 189 g/mol. The van der Waals surface area contributed by atoms with Gasteiger partial charge in [0.05, 0.1) is 11.6 Å². The van der Waals surface area contributed by atoms with Gasteiger partial charge in [0.1, 0.15) is 0 Å². The largest absolute Gasteiger partial charge is 0.459 e. The van der Waals surface area contributed by atoms with Gasteiger partial charge in [-0.1, -0.05) is 12.1 Å². The molecule has 0 aliphatic rings. The monoisotopic (exact) mass is 189 g/mol. The molecule has 0 aliphatic heterocycles. The van der Waals surface area contributed by atoms with Crippen LogP contribution in [-0.4, -0.2) is 12.1 Å². The smallest absolute Gasteiger partial charge is 0.261 e.